The van der Waals surface area contributed by atoms with E-state index in [4.69, 9.17) is 9.47 Å². The van der Waals surface area contributed by atoms with Gasteiger partial charge < -0.3 is 45.6 Å². The first-order chi connectivity index (χ1) is 33.4. The number of β-amino-alcohol motifs (C(OH)–C–C–N with tert-alkyl or cyclic N) is 1. The van der Waals surface area contributed by atoms with Crippen LogP contribution in [0.4, 0.5) is 18.3 Å². The van der Waals surface area contributed by atoms with Crippen molar-refractivity contribution in [3.8, 4) is 27.4 Å². The van der Waals surface area contributed by atoms with Gasteiger partial charge in [-0.25, -0.2) is 18.7 Å². The largest absolute Gasteiger partial charge is 0.480 e. The minimum atomic E-state index is -2.02. The van der Waals surface area contributed by atoms with Crippen LogP contribution >= 0.6 is 22.7 Å². The Morgan fingerprint density at radius 3 is 2.27 bits per heavy atom. The molecule has 5 N–H and O–H groups in total. The quantitative estimate of drug-likeness (QED) is 0.0634. The highest BCUT2D eigenvalue weighted by Crippen LogP contribution is 2.41. The Morgan fingerprint density at radius 2 is 1.63 bits per heavy atom. The highest BCUT2D eigenvalue weighted by molar-refractivity contribution is 7.14. The maximum absolute atomic E-state index is 15.0. The Balaban J connectivity index is 0.886. The maximum atomic E-state index is 15.0. The molecule has 7 rings (SSSR count). The Kier molecular flexibility index (Phi) is 17.2. The number of likely N-dealkylation sites (tertiary alicyclic amines) is 1. The van der Waals surface area contributed by atoms with E-state index in [0.717, 1.165) is 40.2 Å². The standard InChI is InChI=1S/C49H61F3N8O8S2/c1-29-42(70-28-55-29)31-11-9-30(10-12-31)35(56-44(64)37-23-32(61)25-60(37)45(65)43(48(2,3)4)58-46(66)49(52)15-16-49)24-38(62)53-17-7-5-6-8-18-54-39(63)26-68-41-33(13-14-34(50)40(41)51)36-27-69-47(57-36)59-19-21-67-22-20-59/h9-14,27-28,32,35,37,43,61H,5-8,15-26H2,1-4H3,(H,53,62)(H,54,63)(H,56,64)(H,58,66)/t32-,35+,37+,43?/m1/s1. The summed E-state index contributed by atoms with van der Waals surface area (Å²) in [4.78, 5) is 80.3. The molecule has 4 aromatic rings. The van der Waals surface area contributed by atoms with E-state index >= 15 is 0 Å². The molecule has 16 nitrogen and oxygen atoms in total. The number of carbonyl (C=O) groups is 5. The number of amides is 5. The molecule has 378 valence electrons. The lowest BCUT2D eigenvalue weighted by atomic mass is 9.85. The zero-order chi connectivity index (χ0) is 50.2. The number of hydrogen-bond donors (Lipinski definition) is 5. The normalized spacial score (nSPS) is 18.5. The van der Waals surface area contributed by atoms with Crippen LogP contribution in [-0.2, 0) is 28.7 Å². The van der Waals surface area contributed by atoms with Crippen molar-refractivity contribution in [2.75, 3.05) is 57.4 Å². The number of benzene rings is 2. The van der Waals surface area contributed by atoms with Crippen LogP contribution in [0.2, 0.25) is 0 Å². The third-order valence-electron chi connectivity index (χ3n) is 12.6. The predicted molar refractivity (Wildman–Crippen MR) is 259 cm³/mol. The Bertz CT molecular complexity index is 2490. The summed E-state index contributed by atoms with van der Waals surface area (Å²) in [6.07, 6.45) is 1.57. The number of aliphatic hydroxyl groups is 1. The zero-order valence-electron chi connectivity index (χ0n) is 39.8. The van der Waals surface area contributed by atoms with Crippen molar-refractivity contribution in [3.63, 3.8) is 0 Å². The molecule has 2 aromatic carbocycles. The summed E-state index contributed by atoms with van der Waals surface area (Å²) in [5.74, 6) is -5.63. The minimum absolute atomic E-state index is 0.0665. The smallest absolute Gasteiger partial charge is 0.258 e. The first-order valence-corrected chi connectivity index (χ1v) is 25.4. The summed E-state index contributed by atoms with van der Waals surface area (Å²) >= 11 is 2.86. The van der Waals surface area contributed by atoms with Gasteiger partial charge >= 0.3 is 0 Å². The molecule has 3 fully saturated rings. The Labute approximate surface area is 413 Å². The summed E-state index contributed by atoms with van der Waals surface area (Å²) in [6.45, 7) is 9.50. The number of morpholine rings is 1. The first-order valence-electron chi connectivity index (χ1n) is 23.6. The number of carbonyl (C=O) groups excluding carboxylic acids is 5. The van der Waals surface area contributed by atoms with Gasteiger partial charge in [-0.05, 0) is 61.3 Å². The fourth-order valence-electron chi connectivity index (χ4n) is 8.35. The number of anilines is 1. The summed E-state index contributed by atoms with van der Waals surface area (Å²) in [5.41, 5.74) is 1.93. The van der Waals surface area contributed by atoms with Crippen molar-refractivity contribution in [2.45, 2.75) is 109 Å². The van der Waals surface area contributed by atoms with Crippen LogP contribution in [0.1, 0.15) is 89.4 Å². The van der Waals surface area contributed by atoms with E-state index in [0.29, 0.717) is 63.5 Å². The van der Waals surface area contributed by atoms with Gasteiger partial charge in [0.1, 0.15) is 12.1 Å². The number of ether oxygens (including phenoxy) is 2. The van der Waals surface area contributed by atoms with Crippen LogP contribution in [0.3, 0.4) is 0 Å². The van der Waals surface area contributed by atoms with E-state index in [1.54, 1.807) is 31.7 Å². The third-order valence-corrected chi connectivity index (χ3v) is 14.4. The Hall–Kier alpha value is -5.64. The van der Waals surface area contributed by atoms with Crippen LogP contribution in [-0.4, -0.2) is 126 Å². The number of unbranched alkanes of at least 4 members (excludes halogenated alkanes) is 3. The van der Waals surface area contributed by atoms with Crippen LogP contribution in [0.25, 0.3) is 21.7 Å². The molecule has 2 saturated heterocycles. The van der Waals surface area contributed by atoms with E-state index in [1.165, 1.54) is 33.6 Å². The van der Waals surface area contributed by atoms with Gasteiger partial charge in [-0.3, -0.25) is 24.0 Å². The zero-order valence-corrected chi connectivity index (χ0v) is 41.4. The second kappa shape index (κ2) is 23.1. The van der Waals surface area contributed by atoms with E-state index < -0.39 is 82.9 Å². The molecule has 1 saturated carbocycles. The van der Waals surface area contributed by atoms with E-state index in [1.807, 2.05) is 31.2 Å². The molecule has 5 amide bonds. The van der Waals surface area contributed by atoms with Crippen molar-refractivity contribution in [1.29, 1.82) is 0 Å². The second-order valence-corrected chi connectivity index (χ2v) is 20.7. The first kappa shape index (κ1) is 52.2. The van der Waals surface area contributed by atoms with Crippen molar-refractivity contribution < 1.29 is 51.7 Å². The average Bonchev–Trinajstić information content (AvgIpc) is 3.64. The summed E-state index contributed by atoms with van der Waals surface area (Å²) in [7, 11) is 0. The molecule has 0 spiro atoms. The number of aromatic nitrogens is 2. The predicted octanol–water partition coefficient (Wildman–Crippen LogP) is 5.77. The van der Waals surface area contributed by atoms with Crippen molar-refractivity contribution in [1.82, 2.24) is 36.1 Å². The topological polar surface area (TPSA) is 204 Å². The lowest BCUT2D eigenvalue weighted by molar-refractivity contribution is -0.145. The molecule has 0 radical (unpaired) electrons. The number of alkyl halides is 1. The molecule has 3 aliphatic rings. The summed E-state index contributed by atoms with van der Waals surface area (Å²) in [5, 5.41) is 24.4. The number of hydrogen-bond acceptors (Lipinski definition) is 13. The Morgan fingerprint density at radius 1 is 0.943 bits per heavy atom. The lowest BCUT2D eigenvalue weighted by Gasteiger charge is -2.36. The van der Waals surface area contributed by atoms with E-state index in [2.05, 4.69) is 36.1 Å². The summed E-state index contributed by atoms with van der Waals surface area (Å²) < 4.78 is 54.9. The minimum Gasteiger partial charge on any atom is -0.480 e. The van der Waals surface area contributed by atoms with Gasteiger partial charge in [-0.1, -0.05) is 57.9 Å². The summed E-state index contributed by atoms with van der Waals surface area (Å²) in [6, 6.07) is 6.67. The molecule has 70 heavy (non-hydrogen) atoms. The van der Waals surface area contributed by atoms with Crippen LogP contribution < -0.4 is 30.9 Å². The molecular formula is C49H61F3N8O8S2. The third kappa shape index (κ3) is 13.2. The van der Waals surface area contributed by atoms with Crippen LogP contribution in [0.15, 0.2) is 47.3 Å². The number of aliphatic hydroxyl groups excluding tert-OH is 1. The fraction of sp³-hybridized carbons (Fsp3) is 0.531. The van der Waals surface area contributed by atoms with Gasteiger partial charge in [-0.15, -0.1) is 22.7 Å². The molecule has 21 heteroatoms. The number of thiazole rings is 2. The van der Waals surface area contributed by atoms with E-state index in [9.17, 15) is 42.3 Å². The molecule has 1 aliphatic carbocycles. The highest BCUT2D eigenvalue weighted by Gasteiger charge is 2.53. The van der Waals surface area contributed by atoms with Gasteiger partial charge in [0.05, 0.1) is 53.6 Å². The van der Waals surface area contributed by atoms with Gasteiger partial charge in [0.15, 0.2) is 29.0 Å². The average molecular weight is 1010 g/mol. The van der Waals surface area contributed by atoms with Gasteiger partial charge in [0, 0.05) is 50.1 Å². The van der Waals surface area contributed by atoms with Gasteiger partial charge in [-0.2, -0.15) is 4.39 Å². The molecule has 4 heterocycles. The highest BCUT2D eigenvalue weighted by atomic mass is 32.1. The number of aryl methyl sites for hydroxylation is 1. The SMILES string of the molecule is Cc1ncsc1-c1ccc([C@H](CC(=O)NCCCCCCNC(=O)COc2c(-c3csc(N4CCOCC4)n3)ccc(F)c2F)NC(=O)[C@@H]2C[C@@H](O)CN2C(=O)C(NC(=O)C2(F)CC2)C(C)(C)C)cc1. The van der Waals surface area contributed by atoms with Gasteiger partial charge in [0.25, 0.3) is 11.8 Å². The molecule has 0 bridgehead atoms. The second-order valence-electron chi connectivity index (χ2n) is 19.0. The number of rotatable bonds is 21. The lowest BCUT2D eigenvalue weighted by Crippen LogP contribution is -2.59. The maximum Gasteiger partial charge on any atom is 0.258 e. The van der Waals surface area contributed by atoms with Crippen LogP contribution in [0, 0.1) is 24.0 Å². The molecule has 4 atom stereocenters. The number of halogens is 3. The number of nitrogens with zero attached hydrogens (tertiary/aromatic N) is 4. The molecule has 1 unspecified atom stereocenters. The van der Waals surface area contributed by atoms with Crippen LogP contribution in [0.5, 0.6) is 5.75 Å². The number of nitrogens with one attached hydrogen (secondary N) is 4. The van der Waals surface area contributed by atoms with Crippen molar-refractivity contribution in [3.05, 3.63) is 70.2 Å². The molecule has 2 aromatic heterocycles. The van der Waals surface area contributed by atoms with Crippen molar-refractivity contribution in [2.24, 2.45) is 5.41 Å². The fourth-order valence-corrected chi connectivity index (χ4v) is 10.0. The van der Waals surface area contributed by atoms with Gasteiger partial charge in [0.2, 0.25) is 23.5 Å². The molecule has 2 aliphatic heterocycles. The monoisotopic (exact) mass is 1010 g/mol. The van der Waals surface area contributed by atoms with E-state index in [-0.39, 0.29) is 43.7 Å². The van der Waals surface area contributed by atoms with Crippen molar-refractivity contribution >= 4 is 57.3 Å². The molecular weight excluding hydrogens is 950 g/mol.